The maximum Gasteiger partial charge on any atom is 0.356 e. The molecule has 0 aliphatic carbocycles. The fourth-order valence-corrected chi connectivity index (χ4v) is 2.28. The van der Waals surface area contributed by atoms with Crippen molar-refractivity contribution in [2.24, 2.45) is 5.92 Å². The zero-order chi connectivity index (χ0) is 13.3. The molecule has 2 rings (SSSR count). The molecule has 2 atom stereocenters. The van der Waals surface area contributed by atoms with Crippen LogP contribution < -0.4 is 0 Å². The number of nitrogens with zero attached hydrogens (tertiary/aromatic N) is 3. The summed E-state index contributed by atoms with van der Waals surface area (Å²) >= 11 is 0. The topological polar surface area (TPSA) is 83.4 Å². The predicted molar refractivity (Wildman–Crippen MR) is 63.3 cm³/mol. The lowest BCUT2D eigenvalue weighted by molar-refractivity contribution is 0.0684. The Labute approximate surface area is 105 Å². The molecule has 2 heterocycles. The average Bonchev–Trinajstić information content (AvgIpc) is 2.67. The van der Waals surface area contributed by atoms with Crippen LogP contribution in [0, 0.1) is 5.92 Å². The summed E-state index contributed by atoms with van der Waals surface area (Å²) in [6.45, 7) is 4.81. The van der Waals surface area contributed by atoms with Gasteiger partial charge in [-0.15, -0.1) is 0 Å². The van der Waals surface area contributed by atoms with Crippen molar-refractivity contribution in [1.29, 1.82) is 0 Å². The van der Waals surface area contributed by atoms with Crippen molar-refractivity contribution < 1.29 is 14.7 Å². The minimum atomic E-state index is -1.15. The SMILES string of the molecule is CC1CC(C)N(C(=O)c2cnc(C(=O)O)cn2)C1. The van der Waals surface area contributed by atoms with Gasteiger partial charge >= 0.3 is 5.97 Å². The molecule has 6 nitrogen and oxygen atoms in total. The van der Waals surface area contributed by atoms with Crippen LogP contribution in [0.25, 0.3) is 0 Å². The monoisotopic (exact) mass is 249 g/mol. The van der Waals surface area contributed by atoms with Crippen molar-refractivity contribution in [3.05, 3.63) is 23.8 Å². The van der Waals surface area contributed by atoms with Crippen LogP contribution in [0.4, 0.5) is 0 Å². The second-order valence-corrected chi connectivity index (χ2v) is 4.74. The number of carboxylic acids is 1. The molecule has 1 aliphatic heterocycles. The first-order chi connectivity index (χ1) is 8.49. The van der Waals surface area contributed by atoms with Gasteiger partial charge in [0, 0.05) is 12.6 Å². The number of amides is 1. The van der Waals surface area contributed by atoms with Gasteiger partial charge in [0.25, 0.3) is 5.91 Å². The van der Waals surface area contributed by atoms with Crippen LogP contribution in [0.3, 0.4) is 0 Å². The van der Waals surface area contributed by atoms with Gasteiger partial charge in [-0.05, 0) is 19.3 Å². The summed E-state index contributed by atoms with van der Waals surface area (Å²) in [6, 6.07) is 0.188. The molecule has 0 bridgehead atoms. The highest BCUT2D eigenvalue weighted by molar-refractivity contribution is 5.93. The summed E-state index contributed by atoms with van der Waals surface area (Å²) in [7, 11) is 0. The van der Waals surface area contributed by atoms with Gasteiger partial charge in [0.1, 0.15) is 5.69 Å². The molecule has 18 heavy (non-hydrogen) atoms. The van der Waals surface area contributed by atoms with E-state index in [2.05, 4.69) is 16.9 Å². The molecule has 1 aromatic rings. The molecule has 1 N–H and O–H groups in total. The molecule has 96 valence electrons. The Kier molecular flexibility index (Phi) is 3.27. The molecule has 0 spiro atoms. The first-order valence-electron chi connectivity index (χ1n) is 5.85. The van der Waals surface area contributed by atoms with E-state index in [9.17, 15) is 9.59 Å². The van der Waals surface area contributed by atoms with Gasteiger partial charge in [-0.25, -0.2) is 14.8 Å². The van der Waals surface area contributed by atoms with Gasteiger partial charge in [-0.2, -0.15) is 0 Å². The van der Waals surface area contributed by atoms with Crippen LogP contribution in [-0.2, 0) is 0 Å². The van der Waals surface area contributed by atoms with E-state index in [1.807, 2.05) is 6.92 Å². The van der Waals surface area contributed by atoms with Gasteiger partial charge in [0.05, 0.1) is 12.4 Å². The summed E-state index contributed by atoms with van der Waals surface area (Å²) in [4.78, 5) is 32.1. The van der Waals surface area contributed by atoms with E-state index in [1.54, 1.807) is 4.90 Å². The van der Waals surface area contributed by atoms with Gasteiger partial charge in [0.15, 0.2) is 5.69 Å². The molecule has 1 aromatic heterocycles. The van der Waals surface area contributed by atoms with Gasteiger partial charge in [0.2, 0.25) is 0 Å². The number of carbonyl (C=O) groups excluding carboxylic acids is 1. The Balaban J connectivity index is 2.16. The highest BCUT2D eigenvalue weighted by Crippen LogP contribution is 2.23. The Morgan fingerprint density at radius 1 is 1.28 bits per heavy atom. The van der Waals surface area contributed by atoms with E-state index in [0.29, 0.717) is 12.5 Å². The number of likely N-dealkylation sites (tertiary alicyclic amines) is 1. The minimum Gasteiger partial charge on any atom is -0.476 e. The van der Waals surface area contributed by atoms with Crippen molar-refractivity contribution in [1.82, 2.24) is 14.9 Å². The van der Waals surface area contributed by atoms with Crippen LogP contribution in [0.2, 0.25) is 0 Å². The van der Waals surface area contributed by atoms with Gasteiger partial charge < -0.3 is 10.0 Å². The highest BCUT2D eigenvalue weighted by Gasteiger charge is 2.31. The summed E-state index contributed by atoms with van der Waals surface area (Å²) < 4.78 is 0. The van der Waals surface area contributed by atoms with Crippen LogP contribution in [0.1, 0.15) is 41.2 Å². The molecule has 0 aromatic carbocycles. The molecular weight excluding hydrogens is 234 g/mol. The third kappa shape index (κ3) is 2.32. The lowest BCUT2D eigenvalue weighted by Crippen LogP contribution is -2.34. The van der Waals surface area contributed by atoms with Crippen LogP contribution in [-0.4, -0.2) is 44.4 Å². The van der Waals surface area contributed by atoms with Crippen molar-refractivity contribution in [2.75, 3.05) is 6.54 Å². The number of hydrogen-bond donors (Lipinski definition) is 1. The summed E-state index contributed by atoms with van der Waals surface area (Å²) in [5, 5.41) is 8.70. The first kappa shape index (κ1) is 12.5. The van der Waals surface area contributed by atoms with E-state index in [0.717, 1.165) is 12.6 Å². The van der Waals surface area contributed by atoms with Crippen molar-refractivity contribution in [2.45, 2.75) is 26.3 Å². The minimum absolute atomic E-state index is 0.158. The van der Waals surface area contributed by atoms with E-state index < -0.39 is 5.97 Å². The quantitative estimate of drug-likeness (QED) is 0.846. The molecule has 1 amide bonds. The number of hydrogen-bond acceptors (Lipinski definition) is 4. The summed E-state index contributed by atoms with van der Waals surface area (Å²) in [5.74, 6) is -0.851. The predicted octanol–water partition coefficient (Wildman–Crippen LogP) is 1.05. The van der Waals surface area contributed by atoms with E-state index in [1.165, 1.54) is 6.20 Å². The van der Waals surface area contributed by atoms with Gasteiger partial charge in [-0.3, -0.25) is 4.79 Å². The largest absolute Gasteiger partial charge is 0.476 e. The second-order valence-electron chi connectivity index (χ2n) is 4.74. The molecular formula is C12H15N3O3. The first-order valence-corrected chi connectivity index (χ1v) is 5.85. The van der Waals surface area contributed by atoms with Crippen molar-refractivity contribution in [3.63, 3.8) is 0 Å². The Morgan fingerprint density at radius 3 is 2.33 bits per heavy atom. The number of aromatic nitrogens is 2. The zero-order valence-corrected chi connectivity index (χ0v) is 10.3. The molecule has 1 saturated heterocycles. The van der Waals surface area contributed by atoms with Crippen LogP contribution in [0.5, 0.6) is 0 Å². The highest BCUT2D eigenvalue weighted by atomic mass is 16.4. The zero-order valence-electron chi connectivity index (χ0n) is 10.3. The van der Waals surface area contributed by atoms with Crippen molar-refractivity contribution >= 4 is 11.9 Å². The fourth-order valence-electron chi connectivity index (χ4n) is 2.28. The third-order valence-electron chi connectivity index (χ3n) is 3.13. The smallest absolute Gasteiger partial charge is 0.356 e. The number of carbonyl (C=O) groups is 2. The fraction of sp³-hybridized carbons (Fsp3) is 0.500. The van der Waals surface area contributed by atoms with E-state index in [4.69, 9.17) is 5.11 Å². The molecule has 1 fully saturated rings. The van der Waals surface area contributed by atoms with Crippen molar-refractivity contribution in [3.8, 4) is 0 Å². The maximum absolute atomic E-state index is 12.2. The Morgan fingerprint density at radius 2 is 1.89 bits per heavy atom. The standard InChI is InChI=1S/C12H15N3O3/c1-7-3-8(2)15(6-7)11(16)9-4-14-10(5-13-9)12(17)18/h4-5,7-8H,3,6H2,1-2H3,(H,17,18). The number of aromatic carboxylic acids is 1. The Bertz CT molecular complexity index is 472. The molecule has 0 radical (unpaired) electrons. The summed E-state index contributed by atoms with van der Waals surface area (Å²) in [5.41, 5.74) is 0.0374. The van der Waals surface area contributed by atoms with E-state index >= 15 is 0 Å². The van der Waals surface area contributed by atoms with E-state index in [-0.39, 0.29) is 23.3 Å². The Hall–Kier alpha value is -1.98. The molecule has 0 saturated carbocycles. The maximum atomic E-state index is 12.2. The third-order valence-corrected chi connectivity index (χ3v) is 3.13. The molecule has 2 unspecified atom stereocenters. The number of rotatable bonds is 2. The lowest BCUT2D eigenvalue weighted by atomic mass is 10.1. The van der Waals surface area contributed by atoms with Gasteiger partial charge in [-0.1, -0.05) is 6.92 Å². The molecule has 6 heteroatoms. The average molecular weight is 249 g/mol. The summed E-state index contributed by atoms with van der Waals surface area (Å²) in [6.07, 6.45) is 3.31. The van der Waals surface area contributed by atoms with Crippen LogP contribution >= 0.6 is 0 Å². The number of carboxylic acid groups (broad SMARTS) is 1. The second kappa shape index (κ2) is 4.72. The molecule has 1 aliphatic rings. The normalized spacial score (nSPS) is 23.1. The van der Waals surface area contributed by atoms with Crippen LogP contribution in [0.15, 0.2) is 12.4 Å². The lowest BCUT2D eigenvalue weighted by Gasteiger charge is -2.20.